The van der Waals surface area contributed by atoms with Gasteiger partial charge in [0, 0.05) is 31.7 Å². The van der Waals surface area contributed by atoms with E-state index >= 15 is 0 Å². The Morgan fingerprint density at radius 2 is 1.53 bits per heavy atom. The number of hydrogen-bond acceptors (Lipinski definition) is 7. The van der Waals surface area contributed by atoms with E-state index in [0.29, 0.717) is 43.2 Å². The Kier molecular flexibility index (Phi) is 7.49. The molecule has 0 aliphatic carbocycles. The number of aliphatic hydroxyl groups excluding tert-OH is 1. The zero-order valence-corrected chi connectivity index (χ0v) is 19.5. The summed E-state index contributed by atoms with van der Waals surface area (Å²) in [5, 5.41) is 11.1. The van der Waals surface area contributed by atoms with Gasteiger partial charge in [0.2, 0.25) is 0 Å². The standard InChI is InChI=1S/C26H30N2O6/c1-32-20-8-4-18(5-9-20)23-22(24(29)19-6-10-21(33-2)11-7-19)25(30)26(31)28(23)13-3-12-27-14-16-34-17-15-27/h4-11,23,29H,3,12-17H2,1-2H3/b24-22+. The fraction of sp³-hybridized carbons (Fsp3) is 0.385. The van der Waals surface area contributed by atoms with Crippen LogP contribution < -0.4 is 9.47 Å². The Bertz CT molecular complexity index is 1040. The SMILES string of the molecule is COc1ccc(/C(O)=C2\C(=O)C(=O)N(CCCN3CCOCC3)C2c2ccc(OC)cc2)cc1. The van der Waals surface area contributed by atoms with Crippen LogP contribution in [0, 0.1) is 0 Å². The lowest BCUT2D eigenvalue weighted by Crippen LogP contribution is -2.38. The number of Topliss-reactive ketones (excluding diaryl/α,β-unsaturated/α-hetero) is 1. The first-order valence-electron chi connectivity index (χ1n) is 11.4. The molecule has 0 aromatic heterocycles. The summed E-state index contributed by atoms with van der Waals surface area (Å²) in [6.45, 7) is 4.34. The molecule has 0 radical (unpaired) electrons. The molecule has 34 heavy (non-hydrogen) atoms. The van der Waals surface area contributed by atoms with Crippen molar-refractivity contribution in [3.63, 3.8) is 0 Å². The van der Waals surface area contributed by atoms with E-state index in [0.717, 1.165) is 25.2 Å². The minimum Gasteiger partial charge on any atom is -0.507 e. The number of benzene rings is 2. The summed E-state index contributed by atoms with van der Waals surface area (Å²) in [6, 6.07) is 13.3. The summed E-state index contributed by atoms with van der Waals surface area (Å²) < 4.78 is 15.8. The van der Waals surface area contributed by atoms with E-state index in [4.69, 9.17) is 14.2 Å². The van der Waals surface area contributed by atoms with Crippen molar-refractivity contribution in [2.75, 3.05) is 53.6 Å². The van der Waals surface area contributed by atoms with Crippen molar-refractivity contribution in [3.05, 3.63) is 65.2 Å². The smallest absolute Gasteiger partial charge is 0.295 e. The molecule has 2 saturated heterocycles. The van der Waals surface area contributed by atoms with Gasteiger partial charge >= 0.3 is 0 Å². The third-order valence-corrected chi connectivity index (χ3v) is 6.31. The lowest BCUT2D eigenvalue weighted by molar-refractivity contribution is -0.140. The molecule has 0 saturated carbocycles. The molecule has 2 heterocycles. The lowest BCUT2D eigenvalue weighted by Gasteiger charge is -2.29. The molecule has 1 amide bonds. The minimum absolute atomic E-state index is 0.0895. The maximum absolute atomic E-state index is 13.1. The number of amides is 1. The van der Waals surface area contributed by atoms with Gasteiger partial charge in [-0.1, -0.05) is 12.1 Å². The molecule has 1 unspecified atom stereocenters. The van der Waals surface area contributed by atoms with Crippen molar-refractivity contribution in [1.29, 1.82) is 0 Å². The van der Waals surface area contributed by atoms with Crippen LogP contribution in [0.3, 0.4) is 0 Å². The monoisotopic (exact) mass is 466 g/mol. The first kappa shape index (κ1) is 23.8. The zero-order chi connectivity index (χ0) is 24.1. The highest BCUT2D eigenvalue weighted by Crippen LogP contribution is 2.40. The van der Waals surface area contributed by atoms with Crippen molar-refractivity contribution in [1.82, 2.24) is 9.80 Å². The number of nitrogens with zero attached hydrogens (tertiary/aromatic N) is 2. The number of ketones is 1. The van der Waals surface area contributed by atoms with Crippen LogP contribution in [0.2, 0.25) is 0 Å². The molecule has 4 rings (SSSR count). The number of aliphatic hydroxyl groups is 1. The van der Waals surface area contributed by atoms with E-state index in [1.54, 1.807) is 55.5 Å². The molecule has 2 aromatic carbocycles. The van der Waals surface area contributed by atoms with E-state index in [2.05, 4.69) is 4.90 Å². The topological polar surface area (TPSA) is 88.5 Å². The number of hydrogen-bond donors (Lipinski definition) is 1. The second kappa shape index (κ2) is 10.7. The zero-order valence-electron chi connectivity index (χ0n) is 19.5. The number of carbonyl (C=O) groups is 2. The van der Waals surface area contributed by atoms with Gasteiger partial charge in [-0.15, -0.1) is 0 Å². The molecule has 8 heteroatoms. The highest BCUT2D eigenvalue weighted by molar-refractivity contribution is 6.46. The number of carbonyl (C=O) groups excluding carboxylic acids is 2. The molecule has 2 aliphatic rings. The van der Waals surface area contributed by atoms with Crippen LogP contribution in [0.25, 0.3) is 5.76 Å². The van der Waals surface area contributed by atoms with Gasteiger partial charge in [0.1, 0.15) is 17.3 Å². The van der Waals surface area contributed by atoms with Crippen molar-refractivity contribution < 1.29 is 28.9 Å². The second-order valence-corrected chi connectivity index (χ2v) is 8.30. The van der Waals surface area contributed by atoms with Gasteiger partial charge in [-0.2, -0.15) is 0 Å². The number of methoxy groups -OCH3 is 2. The molecule has 8 nitrogen and oxygen atoms in total. The summed E-state index contributed by atoms with van der Waals surface area (Å²) in [6.07, 6.45) is 0.711. The molecule has 2 fully saturated rings. The van der Waals surface area contributed by atoms with Crippen LogP contribution in [-0.2, 0) is 14.3 Å². The van der Waals surface area contributed by atoms with Crippen LogP contribution in [0.5, 0.6) is 11.5 Å². The van der Waals surface area contributed by atoms with Gasteiger partial charge in [0.05, 0.1) is 39.0 Å². The third-order valence-electron chi connectivity index (χ3n) is 6.31. The predicted molar refractivity (Wildman–Crippen MR) is 127 cm³/mol. The number of ether oxygens (including phenoxy) is 3. The highest BCUT2D eigenvalue weighted by atomic mass is 16.5. The molecule has 0 bridgehead atoms. The average molecular weight is 467 g/mol. The van der Waals surface area contributed by atoms with Crippen molar-refractivity contribution in [2.24, 2.45) is 0 Å². The largest absolute Gasteiger partial charge is 0.507 e. The Labute approximate surface area is 199 Å². The molecule has 2 aliphatic heterocycles. The quantitative estimate of drug-likeness (QED) is 0.364. The van der Waals surface area contributed by atoms with Crippen molar-refractivity contribution in [3.8, 4) is 11.5 Å². The van der Waals surface area contributed by atoms with Crippen LogP contribution in [0.4, 0.5) is 0 Å². The van der Waals surface area contributed by atoms with Gasteiger partial charge in [-0.3, -0.25) is 14.5 Å². The van der Waals surface area contributed by atoms with E-state index < -0.39 is 17.7 Å². The normalized spacial score (nSPS) is 20.5. The molecule has 180 valence electrons. The predicted octanol–water partition coefficient (Wildman–Crippen LogP) is 2.85. The van der Waals surface area contributed by atoms with Crippen LogP contribution in [0.15, 0.2) is 54.1 Å². The molecule has 1 atom stereocenters. The molecular weight excluding hydrogens is 436 g/mol. The van der Waals surface area contributed by atoms with Gasteiger partial charge in [0.25, 0.3) is 11.7 Å². The lowest BCUT2D eigenvalue weighted by atomic mass is 9.95. The van der Waals surface area contributed by atoms with E-state index in [1.165, 1.54) is 0 Å². The fourth-order valence-electron chi connectivity index (χ4n) is 4.44. The van der Waals surface area contributed by atoms with Crippen LogP contribution in [-0.4, -0.2) is 80.2 Å². The van der Waals surface area contributed by atoms with E-state index in [1.807, 2.05) is 12.1 Å². The summed E-state index contributed by atoms with van der Waals surface area (Å²) in [5.41, 5.74) is 1.28. The highest BCUT2D eigenvalue weighted by Gasteiger charge is 2.45. The molecule has 0 spiro atoms. The average Bonchev–Trinajstić information content (AvgIpc) is 3.14. The first-order chi connectivity index (χ1) is 16.5. The van der Waals surface area contributed by atoms with Gasteiger partial charge in [0.15, 0.2) is 0 Å². The number of likely N-dealkylation sites (tertiary alicyclic amines) is 1. The van der Waals surface area contributed by atoms with E-state index in [-0.39, 0.29) is 11.3 Å². The van der Waals surface area contributed by atoms with E-state index in [9.17, 15) is 14.7 Å². The van der Waals surface area contributed by atoms with Crippen molar-refractivity contribution in [2.45, 2.75) is 12.5 Å². The molecule has 1 N–H and O–H groups in total. The van der Waals surface area contributed by atoms with Crippen LogP contribution in [0.1, 0.15) is 23.6 Å². The maximum atomic E-state index is 13.1. The summed E-state index contributed by atoms with van der Waals surface area (Å²) in [5.74, 6) is -0.175. The summed E-state index contributed by atoms with van der Waals surface area (Å²) >= 11 is 0. The van der Waals surface area contributed by atoms with Crippen molar-refractivity contribution >= 4 is 17.4 Å². The number of morpholine rings is 1. The minimum atomic E-state index is -0.683. The molecular formula is C26H30N2O6. The van der Waals surface area contributed by atoms with Gasteiger partial charge in [-0.25, -0.2) is 0 Å². The second-order valence-electron chi connectivity index (χ2n) is 8.30. The maximum Gasteiger partial charge on any atom is 0.295 e. The molecule has 2 aromatic rings. The van der Waals surface area contributed by atoms with Gasteiger partial charge in [-0.05, 0) is 48.4 Å². The Morgan fingerprint density at radius 1 is 0.941 bits per heavy atom. The third kappa shape index (κ3) is 4.93. The Balaban J connectivity index is 1.66. The van der Waals surface area contributed by atoms with Crippen LogP contribution >= 0.6 is 0 Å². The first-order valence-corrected chi connectivity index (χ1v) is 11.4. The fourth-order valence-corrected chi connectivity index (χ4v) is 4.44. The summed E-state index contributed by atoms with van der Waals surface area (Å²) in [7, 11) is 3.14. The van der Waals surface area contributed by atoms with Gasteiger partial charge < -0.3 is 24.2 Å². The summed E-state index contributed by atoms with van der Waals surface area (Å²) in [4.78, 5) is 30.1. The Morgan fingerprint density at radius 3 is 2.12 bits per heavy atom. The number of rotatable bonds is 8. The Hall–Kier alpha value is -3.36.